The largest absolute Gasteiger partial charge is 0.481 e. The van der Waals surface area contributed by atoms with Crippen molar-refractivity contribution in [1.29, 1.82) is 0 Å². The summed E-state index contributed by atoms with van der Waals surface area (Å²) in [7, 11) is 0. The summed E-state index contributed by atoms with van der Waals surface area (Å²) in [6.45, 7) is 0. The van der Waals surface area contributed by atoms with Crippen molar-refractivity contribution in [1.82, 2.24) is 0 Å². The summed E-state index contributed by atoms with van der Waals surface area (Å²) in [4.78, 5) is 33.8. The van der Waals surface area contributed by atoms with Gasteiger partial charge in [-0.25, -0.2) is 0 Å². The number of nitrogens with zero attached hydrogens (tertiary/aromatic N) is 1. The molecule has 0 radical (unpaired) electrons. The van der Waals surface area contributed by atoms with Crippen LogP contribution in [0.15, 0.2) is 36.4 Å². The number of hydrogen-bond donors (Lipinski definition) is 2. The highest BCUT2D eigenvalue weighted by atomic mass is 16.6. The topological polar surface area (TPSA) is 119 Å². The highest BCUT2D eigenvalue weighted by Crippen LogP contribution is 2.39. The summed E-state index contributed by atoms with van der Waals surface area (Å²) in [5.41, 5.74) is 0.0896. The molecular weight excluding hydrogens is 292 g/mol. The third-order valence-electron chi connectivity index (χ3n) is 3.81. The maximum absolute atomic E-state index is 12.3. The second-order valence-electron chi connectivity index (χ2n) is 5.14. The van der Waals surface area contributed by atoms with Gasteiger partial charge in [0.05, 0.1) is 23.0 Å². The van der Waals surface area contributed by atoms with Crippen molar-refractivity contribution in [2.75, 3.05) is 5.32 Å². The van der Waals surface area contributed by atoms with Crippen LogP contribution in [0.3, 0.4) is 0 Å². The lowest BCUT2D eigenvalue weighted by molar-refractivity contribution is -0.384. The SMILES string of the molecule is O=C(O)[C@@H]1[C@@H](C(=O)Nc2cccc([N+](=O)[O-])c2)[C@H]2C=C[C@H]1O2. The molecule has 1 fully saturated rings. The first-order chi connectivity index (χ1) is 10.5. The van der Waals surface area contributed by atoms with Crippen molar-refractivity contribution in [3.8, 4) is 0 Å². The molecule has 0 aromatic heterocycles. The molecule has 0 unspecified atom stereocenters. The summed E-state index contributed by atoms with van der Waals surface area (Å²) >= 11 is 0. The van der Waals surface area contributed by atoms with Gasteiger partial charge in [0.25, 0.3) is 5.69 Å². The molecule has 0 aliphatic carbocycles. The van der Waals surface area contributed by atoms with Gasteiger partial charge in [0.1, 0.15) is 5.92 Å². The fourth-order valence-electron chi connectivity index (χ4n) is 2.84. The van der Waals surface area contributed by atoms with Crippen molar-refractivity contribution in [3.05, 3.63) is 46.5 Å². The maximum Gasteiger partial charge on any atom is 0.310 e. The van der Waals surface area contributed by atoms with Crippen LogP contribution in [-0.4, -0.2) is 34.1 Å². The fraction of sp³-hybridized carbons (Fsp3) is 0.286. The zero-order chi connectivity index (χ0) is 15.9. The number of benzene rings is 1. The van der Waals surface area contributed by atoms with E-state index in [2.05, 4.69) is 5.32 Å². The smallest absolute Gasteiger partial charge is 0.310 e. The molecule has 22 heavy (non-hydrogen) atoms. The number of nitrogens with one attached hydrogen (secondary N) is 1. The van der Waals surface area contributed by atoms with Crippen molar-refractivity contribution >= 4 is 23.3 Å². The van der Waals surface area contributed by atoms with Crippen molar-refractivity contribution in [3.63, 3.8) is 0 Å². The molecule has 1 saturated heterocycles. The molecule has 3 rings (SSSR count). The minimum Gasteiger partial charge on any atom is -0.481 e. The van der Waals surface area contributed by atoms with E-state index in [1.165, 1.54) is 24.3 Å². The molecule has 2 heterocycles. The molecule has 8 heteroatoms. The summed E-state index contributed by atoms with van der Waals surface area (Å²) in [6.07, 6.45) is 2.12. The van der Waals surface area contributed by atoms with Crippen LogP contribution >= 0.6 is 0 Å². The Bertz CT molecular complexity index is 686. The molecule has 1 aromatic carbocycles. The first-order valence-corrected chi connectivity index (χ1v) is 6.59. The van der Waals surface area contributed by atoms with Gasteiger partial charge in [0, 0.05) is 17.8 Å². The average Bonchev–Trinajstić information content (AvgIpc) is 3.07. The Balaban J connectivity index is 1.80. The third-order valence-corrected chi connectivity index (χ3v) is 3.81. The third kappa shape index (κ3) is 2.33. The zero-order valence-corrected chi connectivity index (χ0v) is 11.2. The highest BCUT2D eigenvalue weighted by Gasteiger charge is 2.53. The lowest BCUT2D eigenvalue weighted by Gasteiger charge is -2.20. The van der Waals surface area contributed by atoms with Gasteiger partial charge >= 0.3 is 5.97 Å². The number of amides is 1. The number of aliphatic carboxylic acids is 1. The number of non-ortho nitro benzene ring substituents is 1. The molecule has 4 atom stereocenters. The number of hydrogen-bond acceptors (Lipinski definition) is 5. The number of ether oxygens (including phenoxy) is 1. The number of carboxylic acids is 1. The number of carboxylic acid groups (broad SMARTS) is 1. The number of carbonyl (C=O) groups is 2. The predicted octanol–water partition coefficient (Wildman–Crippen LogP) is 1.19. The summed E-state index contributed by atoms with van der Waals surface area (Å²) in [6, 6.07) is 5.47. The lowest BCUT2D eigenvalue weighted by Crippen LogP contribution is -2.39. The highest BCUT2D eigenvalue weighted by molar-refractivity contribution is 5.96. The summed E-state index contributed by atoms with van der Waals surface area (Å²) in [5.74, 6) is -3.43. The Kier molecular flexibility index (Phi) is 3.38. The molecule has 2 aliphatic heterocycles. The van der Waals surface area contributed by atoms with Gasteiger partial charge in [0.2, 0.25) is 5.91 Å². The monoisotopic (exact) mass is 304 g/mol. The van der Waals surface area contributed by atoms with Gasteiger partial charge in [-0.2, -0.15) is 0 Å². The van der Waals surface area contributed by atoms with Crippen LogP contribution in [0.25, 0.3) is 0 Å². The van der Waals surface area contributed by atoms with E-state index in [0.717, 1.165) is 0 Å². The van der Waals surface area contributed by atoms with Crippen LogP contribution in [-0.2, 0) is 14.3 Å². The number of anilines is 1. The Morgan fingerprint density at radius 3 is 2.55 bits per heavy atom. The molecule has 1 amide bonds. The molecule has 114 valence electrons. The zero-order valence-electron chi connectivity index (χ0n) is 11.2. The normalized spacial score (nSPS) is 28.5. The van der Waals surface area contributed by atoms with Crippen LogP contribution in [0.4, 0.5) is 11.4 Å². The average molecular weight is 304 g/mol. The molecule has 2 bridgehead atoms. The van der Waals surface area contributed by atoms with Crippen LogP contribution in [0.2, 0.25) is 0 Å². The first-order valence-electron chi connectivity index (χ1n) is 6.59. The van der Waals surface area contributed by atoms with Gasteiger partial charge in [-0.05, 0) is 6.07 Å². The van der Waals surface area contributed by atoms with Crippen LogP contribution in [0.5, 0.6) is 0 Å². The van der Waals surface area contributed by atoms with Gasteiger partial charge < -0.3 is 15.2 Å². The Labute approximate surface area is 124 Å². The number of nitro groups is 1. The second kappa shape index (κ2) is 5.23. The molecule has 1 aromatic rings. The van der Waals surface area contributed by atoms with Gasteiger partial charge in [-0.1, -0.05) is 18.2 Å². The van der Waals surface area contributed by atoms with Gasteiger partial charge in [0.15, 0.2) is 0 Å². The number of nitro benzene ring substituents is 1. The van der Waals surface area contributed by atoms with Gasteiger partial charge in [-0.3, -0.25) is 19.7 Å². The van der Waals surface area contributed by atoms with Gasteiger partial charge in [-0.15, -0.1) is 0 Å². The first kappa shape index (κ1) is 14.2. The quantitative estimate of drug-likeness (QED) is 0.490. The van der Waals surface area contributed by atoms with E-state index < -0.39 is 40.8 Å². The fourth-order valence-corrected chi connectivity index (χ4v) is 2.84. The predicted molar refractivity (Wildman–Crippen MR) is 74.1 cm³/mol. The van der Waals surface area contributed by atoms with E-state index in [0.29, 0.717) is 0 Å². The van der Waals surface area contributed by atoms with E-state index in [-0.39, 0.29) is 11.4 Å². The minimum absolute atomic E-state index is 0.156. The molecule has 2 N–H and O–H groups in total. The van der Waals surface area contributed by atoms with Crippen molar-refractivity contribution in [2.24, 2.45) is 11.8 Å². The number of carbonyl (C=O) groups excluding carboxylic acids is 1. The Morgan fingerprint density at radius 1 is 1.23 bits per heavy atom. The molecule has 0 spiro atoms. The lowest BCUT2D eigenvalue weighted by atomic mass is 9.82. The standard InChI is InChI=1S/C14H12N2O6/c17-13(15-7-2-1-3-8(6-7)16(20)21)11-9-4-5-10(22-9)12(11)14(18)19/h1-6,9-12H,(H,15,17)(H,18,19)/t9-,10-,11+,12+/m1/s1. The Hall–Kier alpha value is -2.74. The van der Waals surface area contributed by atoms with E-state index in [4.69, 9.17) is 4.74 Å². The number of fused-ring (bicyclic) bond motifs is 2. The molecule has 0 saturated carbocycles. The van der Waals surface area contributed by atoms with E-state index >= 15 is 0 Å². The van der Waals surface area contributed by atoms with E-state index in [9.17, 15) is 24.8 Å². The molecule has 8 nitrogen and oxygen atoms in total. The molecule has 2 aliphatic rings. The second-order valence-corrected chi connectivity index (χ2v) is 5.14. The molecular formula is C14H12N2O6. The summed E-state index contributed by atoms with van der Waals surface area (Å²) in [5, 5.41) is 22.5. The van der Waals surface area contributed by atoms with E-state index in [1.807, 2.05) is 0 Å². The summed E-state index contributed by atoms with van der Waals surface area (Å²) < 4.78 is 5.42. The number of rotatable bonds is 4. The Morgan fingerprint density at radius 2 is 1.91 bits per heavy atom. The maximum atomic E-state index is 12.3. The van der Waals surface area contributed by atoms with Crippen LogP contribution in [0.1, 0.15) is 0 Å². The minimum atomic E-state index is -1.10. The van der Waals surface area contributed by atoms with Crippen molar-refractivity contribution < 1.29 is 24.4 Å². The van der Waals surface area contributed by atoms with Crippen LogP contribution < -0.4 is 5.32 Å². The van der Waals surface area contributed by atoms with Crippen LogP contribution in [0, 0.1) is 22.0 Å². The van der Waals surface area contributed by atoms with E-state index in [1.54, 1.807) is 12.2 Å². The van der Waals surface area contributed by atoms with Crippen molar-refractivity contribution in [2.45, 2.75) is 12.2 Å².